The van der Waals surface area contributed by atoms with Gasteiger partial charge in [0.2, 0.25) is 5.91 Å². The molecule has 6 heteroatoms. The molecule has 0 radical (unpaired) electrons. The predicted molar refractivity (Wildman–Crippen MR) is 92.4 cm³/mol. The molecule has 1 amide bonds. The Labute approximate surface area is 141 Å². The van der Waals surface area contributed by atoms with E-state index in [4.69, 9.17) is 11.6 Å². The molecule has 0 unspecified atom stereocenters. The van der Waals surface area contributed by atoms with Gasteiger partial charge in [-0.15, -0.1) is 0 Å². The topological polar surface area (TPSA) is 50.2 Å². The van der Waals surface area contributed by atoms with Gasteiger partial charge in [-0.25, -0.2) is 0 Å². The van der Waals surface area contributed by atoms with Gasteiger partial charge in [0.25, 0.3) is 0 Å². The first kappa shape index (κ1) is 16.3. The zero-order chi connectivity index (χ0) is 16.4. The van der Waals surface area contributed by atoms with Crippen LogP contribution in [0.15, 0.2) is 18.2 Å². The van der Waals surface area contributed by atoms with Crippen molar-refractivity contribution in [2.45, 2.75) is 26.3 Å². The third-order valence-corrected chi connectivity index (χ3v) is 4.83. The van der Waals surface area contributed by atoms with Gasteiger partial charge >= 0.3 is 0 Å². The van der Waals surface area contributed by atoms with Gasteiger partial charge < -0.3 is 5.32 Å². The fourth-order valence-electron chi connectivity index (χ4n) is 3.43. The largest absolute Gasteiger partial charge is 0.356 e. The van der Waals surface area contributed by atoms with E-state index in [0.717, 1.165) is 54.2 Å². The molecule has 2 aromatic rings. The van der Waals surface area contributed by atoms with Crippen LogP contribution in [0, 0.1) is 5.92 Å². The van der Waals surface area contributed by atoms with Gasteiger partial charge in [0.15, 0.2) is 0 Å². The van der Waals surface area contributed by atoms with Crippen molar-refractivity contribution in [3.63, 3.8) is 0 Å². The Balaban J connectivity index is 1.73. The molecule has 1 N–H and O–H groups in total. The number of nitrogens with one attached hydrogen (secondary N) is 1. The van der Waals surface area contributed by atoms with Crippen molar-refractivity contribution in [2.75, 3.05) is 19.6 Å². The zero-order valence-electron chi connectivity index (χ0n) is 13.7. The lowest BCUT2D eigenvalue weighted by atomic mass is 9.97. The summed E-state index contributed by atoms with van der Waals surface area (Å²) in [4.78, 5) is 13.5. The second-order valence-corrected chi connectivity index (χ2v) is 6.79. The van der Waals surface area contributed by atoms with Crippen molar-refractivity contribution in [3.05, 3.63) is 28.9 Å². The second kappa shape index (κ2) is 6.89. The lowest BCUT2D eigenvalue weighted by Crippen LogP contribution is -2.40. The van der Waals surface area contributed by atoms with Gasteiger partial charge in [-0.2, -0.15) is 5.10 Å². The van der Waals surface area contributed by atoms with Gasteiger partial charge in [0.05, 0.1) is 16.2 Å². The number of likely N-dealkylation sites (tertiary alicyclic amines) is 1. The van der Waals surface area contributed by atoms with Crippen molar-refractivity contribution >= 4 is 28.4 Å². The number of carbonyl (C=O) groups excluding carboxylic acids is 1. The lowest BCUT2D eigenvalue weighted by molar-refractivity contribution is -0.119. The zero-order valence-corrected chi connectivity index (χ0v) is 14.4. The quantitative estimate of drug-likeness (QED) is 0.935. The van der Waals surface area contributed by atoms with Crippen molar-refractivity contribution < 1.29 is 4.79 Å². The molecule has 1 atom stereocenters. The first-order chi connectivity index (χ1) is 11.0. The molecule has 23 heavy (non-hydrogen) atoms. The van der Waals surface area contributed by atoms with Crippen LogP contribution >= 0.6 is 11.6 Å². The number of amides is 1. The van der Waals surface area contributed by atoms with Gasteiger partial charge in [-0.3, -0.25) is 14.4 Å². The molecular weight excluding hydrogens is 312 g/mol. The molecular formula is C17H23ClN4O. The summed E-state index contributed by atoms with van der Waals surface area (Å²) in [6, 6.07) is 5.93. The van der Waals surface area contributed by atoms with Gasteiger partial charge in [0.1, 0.15) is 0 Å². The Kier molecular flexibility index (Phi) is 4.87. The minimum atomic E-state index is 0.0459. The van der Waals surface area contributed by atoms with Gasteiger partial charge in [0, 0.05) is 39.0 Å². The molecule has 0 saturated carbocycles. The monoisotopic (exact) mass is 334 g/mol. The number of piperidine rings is 1. The van der Waals surface area contributed by atoms with E-state index in [1.54, 1.807) is 6.92 Å². The normalized spacial score (nSPS) is 19.2. The van der Waals surface area contributed by atoms with Gasteiger partial charge in [-0.1, -0.05) is 17.7 Å². The molecule has 1 aliphatic heterocycles. The molecule has 0 spiro atoms. The summed E-state index contributed by atoms with van der Waals surface area (Å²) in [5.74, 6) is 0.558. The highest BCUT2D eigenvalue weighted by Crippen LogP contribution is 2.28. The standard InChI is InChI=1S/C17H23ClN4O/c1-12(23)19-9-13-5-4-8-22(10-13)11-15-17-14(18)6-3-7-16(17)21(2)20-15/h3,6-7,13H,4-5,8-11H2,1-2H3,(H,19,23)/t13-/m0/s1. The number of fused-ring (bicyclic) bond motifs is 1. The Bertz CT molecular complexity index is 712. The minimum absolute atomic E-state index is 0.0459. The lowest BCUT2D eigenvalue weighted by Gasteiger charge is -2.32. The molecule has 2 heterocycles. The van der Waals surface area contributed by atoms with E-state index in [-0.39, 0.29) is 5.91 Å². The molecule has 1 saturated heterocycles. The number of aromatic nitrogens is 2. The molecule has 3 rings (SSSR count). The van der Waals surface area contributed by atoms with E-state index in [2.05, 4.69) is 15.3 Å². The molecule has 0 bridgehead atoms. The third kappa shape index (κ3) is 3.67. The van der Waals surface area contributed by atoms with E-state index >= 15 is 0 Å². The van der Waals surface area contributed by atoms with E-state index in [1.165, 1.54) is 6.42 Å². The average Bonchev–Trinajstić information content (AvgIpc) is 2.83. The van der Waals surface area contributed by atoms with E-state index in [1.807, 2.05) is 29.9 Å². The highest BCUT2D eigenvalue weighted by molar-refractivity contribution is 6.35. The predicted octanol–water partition coefficient (Wildman–Crippen LogP) is 2.57. The Morgan fingerprint density at radius 2 is 2.30 bits per heavy atom. The number of carbonyl (C=O) groups is 1. The number of rotatable bonds is 4. The number of benzene rings is 1. The SMILES string of the molecule is CC(=O)NC[C@@H]1CCCN(Cc2nn(C)c3cccc(Cl)c23)C1. The number of hydrogen-bond donors (Lipinski definition) is 1. The summed E-state index contributed by atoms with van der Waals surface area (Å²) >= 11 is 6.39. The van der Waals surface area contributed by atoms with Crippen LogP contribution in [0.25, 0.3) is 10.9 Å². The first-order valence-corrected chi connectivity index (χ1v) is 8.49. The third-order valence-electron chi connectivity index (χ3n) is 4.52. The highest BCUT2D eigenvalue weighted by atomic mass is 35.5. The van der Waals surface area contributed by atoms with Crippen LogP contribution in [0.4, 0.5) is 0 Å². The average molecular weight is 335 g/mol. The molecule has 5 nitrogen and oxygen atoms in total. The summed E-state index contributed by atoms with van der Waals surface area (Å²) in [5.41, 5.74) is 2.10. The van der Waals surface area contributed by atoms with Crippen molar-refractivity contribution in [1.29, 1.82) is 0 Å². The molecule has 1 aromatic heterocycles. The summed E-state index contributed by atoms with van der Waals surface area (Å²) < 4.78 is 1.90. The van der Waals surface area contributed by atoms with E-state index in [9.17, 15) is 4.79 Å². The van der Waals surface area contributed by atoms with Crippen LogP contribution < -0.4 is 5.32 Å². The molecule has 124 valence electrons. The summed E-state index contributed by atoms with van der Waals surface area (Å²) in [6.45, 7) is 5.19. The van der Waals surface area contributed by atoms with Crippen molar-refractivity contribution in [2.24, 2.45) is 13.0 Å². The summed E-state index contributed by atoms with van der Waals surface area (Å²) in [7, 11) is 1.96. The summed E-state index contributed by atoms with van der Waals surface area (Å²) in [5, 5.41) is 9.42. The van der Waals surface area contributed by atoms with Crippen LogP contribution in [0.2, 0.25) is 5.02 Å². The van der Waals surface area contributed by atoms with Gasteiger partial charge in [-0.05, 0) is 37.4 Å². The maximum atomic E-state index is 11.1. The Morgan fingerprint density at radius 1 is 1.48 bits per heavy atom. The van der Waals surface area contributed by atoms with Crippen LogP contribution in [-0.4, -0.2) is 40.2 Å². The van der Waals surface area contributed by atoms with Crippen molar-refractivity contribution in [1.82, 2.24) is 20.0 Å². The van der Waals surface area contributed by atoms with Crippen molar-refractivity contribution in [3.8, 4) is 0 Å². The molecule has 1 aromatic carbocycles. The molecule has 0 aliphatic carbocycles. The maximum absolute atomic E-state index is 11.1. The first-order valence-electron chi connectivity index (χ1n) is 8.11. The second-order valence-electron chi connectivity index (χ2n) is 6.38. The maximum Gasteiger partial charge on any atom is 0.216 e. The number of aryl methyl sites for hydroxylation is 1. The molecule has 1 aliphatic rings. The van der Waals surface area contributed by atoms with Crippen LogP contribution in [0.5, 0.6) is 0 Å². The number of halogens is 1. The Morgan fingerprint density at radius 3 is 3.09 bits per heavy atom. The summed E-state index contributed by atoms with van der Waals surface area (Å²) in [6.07, 6.45) is 2.32. The fraction of sp³-hybridized carbons (Fsp3) is 0.529. The smallest absolute Gasteiger partial charge is 0.216 e. The minimum Gasteiger partial charge on any atom is -0.356 e. The highest BCUT2D eigenvalue weighted by Gasteiger charge is 2.22. The Hall–Kier alpha value is -1.59. The number of hydrogen-bond acceptors (Lipinski definition) is 3. The molecule has 1 fully saturated rings. The number of nitrogens with zero attached hydrogens (tertiary/aromatic N) is 3. The fourth-order valence-corrected chi connectivity index (χ4v) is 3.70. The van der Waals surface area contributed by atoms with Crippen LogP contribution in [-0.2, 0) is 18.4 Å². The van der Waals surface area contributed by atoms with Crippen LogP contribution in [0.1, 0.15) is 25.5 Å². The van der Waals surface area contributed by atoms with E-state index in [0.29, 0.717) is 5.92 Å². The van der Waals surface area contributed by atoms with Crippen LogP contribution in [0.3, 0.4) is 0 Å². The van der Waals surface area contributed by atoms with E-state index < -0.39 is 0 Å².